The fourth-order valence-corrected chi connectivity index (χ4v) is 1.70. The van der Waals surface area contributed by atoms with Crippen LogP contribution in [-0.4, -0.2) is 59.4 Å². The van der Waals surface area contributed by atoms with Gasteiger partial charge in [0.1, 0.15) is 6.42 Å². The number of aliphatic hydroxyl groups is 1. The maximum atomic E-state index is 11.4. The van der Waals surface area contributed by atoms with Crippen molar-refractivity contribution in [2.45, 2.75) is 24.9 Å². The van der Waals surface area contributed by atoms with Gasteiger partial charge in [0.25, 0.3) is 0 Å². The zero-order valence-electron chi connectivity index (χ0n) is 9.31. The Kier molecular flexibility index (Phi) is 4.26. The second kappa shape index (κ2) is 5.27. The molecule has 1 saturated heterocycles. The Hall–Kier alpha value is -1.14. The van der Waals surface area contributed by atoms with Crippen LogP contribution >= 0.6 is 0 Å². The lowest BCUT2D eigenvalue weighted by atomic mass is 9.94. The van der Waals surface area contributed by atoms with Gasteiger partial charge in [-0.05, 0) is 0 Å². The largest absolute Gasteiger partial charge is 0.481 e. The smallest absolute Gasteiger partial charge is 0.312 e. The fraction of sp³-hybridized carbons (Fsp3) is 0.800. The number of rotatable bonds is 4. The van der Waals surface area contributed by atoms with Gasteiger partial charge in [0.15, 0.2) is 0 Å². The number of carbonyl (C=O) groups is 2. The molecule has 6 heteroatoms. The molecule has 0 atom stereocenters. The summed E-state index contributed by atoms with van der Waals surface area (Å²) in [5, 5.41) is 18.6. The van der Waals surface area contributed by atoms with Crippen LogP contribution in [0.5, 0.6) is 0 Å². The molecule has 92 valence electrons. The van der Waals surface area contributed by atoms with E-state index in [9.17, 15) is 14.7 Å². The Morgan fingerprint density at radius 3 is 2.44 bits per heavy atom. The average molecular weight is 231 g/mol. The minimum atomic E-state index is -1.16. The van der Waals surface area contributed by atoms with Gasteiger partial charge >= 0.3 is 5.97 Å². The maximum absolute atomic E-state index is 11.4. The summed E-state index contributed by atoms with van der Waals surface area (Å²) in [5.74, 6) is -1.65. The molecular formula is C10H17NO5. The molecule has 0 aromatic carbocycles. The molecule has 0 bridgehead atoms. The van der Waals surface area contributed by atoms with Crippen molar-refractivity contribution in [3.05, 3.63) is 0 Å². The second-order valence-electron chi connectivity index (χ2n) is 4.16. The van der Waals surface area contributed by atoms with Crippen LogP contribution in [0.15, 0.2) is 0 Å². The Morgan fingerprint density at radius 1 is 1.38 bits per heavy atom. The van der Waals surface area contributed by atoms with E-state index in [1.807, 2.05) is 0 Å². The first-order valence-electron chi connectivity index (χ1n) is 5.19. The van der Waals surface area contributed by atoms with E-state index in [4.69, 9.17) is 9.84 Å². The van der Waals surface area contributed by atoms with Crippen molar-refractivity contribution >= 4 is 11.9 Å². The van der Waals surface area contributed by atoms with Crippen LogP contribution in [0.1, 0.15) is 19.3 Å². The van der Waals surface area contributed by atoms with Crippen LogP contribution in [0.4, 0.5) is 0 Å². The summed E-state index contributed by atoms with van der Waals surface area (Å²) in [6.07, 6.45) is 0.401. The second-order valence-corrected chi connectivity index (χ2v) is 4.16. The van der Waals surface area contributed by atoms with Gasteiger partial charge in [0.05, 0.1) is 5.60 Å². The van der Waals surface area contributed by atoms with Crippen LogP contribution in [0.2, 0.25) is 0 Å². The number of amides is 1. The van der Waals surface area contributed by atoms with Gasteiger partial charge in [-0.1, -0.05) is 0 Å². The SMILES string of the molecule is CN(CC1(O)CCOCC1)C(=O)CC(=O)O. The third-order valence-electron chi connectivity index (χ3n) is 2.68. The predicted octanol–water partition coefficient (Wildman–Crippen LogP) is -0.539. The molecule has 1 amide bonds. The zero-order valence-corrected chi connectivity index (χ0v) is 9.31. The van der Waals surface area contributed by atoms with Crippen molar-refractivity contribution in [1.82, 2.24) is 4.90 Å². The normalized spacial score (nSPS) is 19.1. The minimum absolute atomic E-state index is 0.155. The third kappa shape index (κ3) is 3.79. The molecule has 1 fully saturated rings. The molecule has 6 nitrogen and oxygen atoms in total. The topological polar surface area (TPSA) is 87.1 Å². The highest BCUT2D eigenvalue weighted by Crippen LogP contribution is 2.21. The molecule has 0 spiro atoms. The van der Waals surface area contributed by atoms with Crippen molar-refractivity contribution in [2.75, 3.05) is 26.8 Å². The van der Waals surface area contributed by atoms with E-state index in [2.05, 4.69) is 0 Å². The van der Waals surface area contributed by atoms with E-state index >= 15 is 0 Å². The molecule has 1 heterocycles. The molecule has 1 aliphatic heterocycles. The van der Waals surface area contributed by atoms with Gasteiger partial charge in [-0.2, -0.15) is 0 Å². The van der Waals surface area contributed by atoms with Crippen molar-refractivity contribution in [2.24, 2.45) is 0 Å². The molecule has 1 rings (SSSR count). The number of aliphatic carboxylic acids is 1. The standard InChI is InChI=1S/C10H17NO5/c1-11(8(12)6-9(13)14)7-10(15)2-4-16-5-3-10/h15H,2-7H2,1H3,(H,13,14). The van der Waals surface area contributed by atoms with Gasteiger partial charge in [-0.15, -0.1) is 0 Å². The van der Waals surface area contributed by atoms with E-state index in [1.165, 1.54) is 11.9 Å². The summed E-state index contributed by atoms with van der Waals surface area (Å²) >= 11 is 0. The van der Waals surface area contributed by atoms with Gasteiger partial charge in [-0.3, -0.25) is 9.59 Å². The van der Waals surface area contributed by atoms with E-state index in [-0.39, 0.29) is 6.54 Å². The summed E-state index contributed by atoms with van der Waals surface area (Å²) in [7, 11) is 1.50. The van der Waals surface area contributed by atoms with Gasteiger partial charge in [0, 0.05) is 39.6 Å². The lowest BCUT2D eigenvalue weighted by Crippen LogP contribution is -2.47. The quantitative estimate of drug-likeness (QED) is 0.634. The summed E-state index contributed by atoms with van der Waals surface area (Å²) in [4.78, 5) is 23.0. The van der Waals surface area contributed by atoms with Crippen LogP contribution < -0.4 is 0 Å². The highest BCUT2D eigenvalue weighted by Gasteiger charge is 2.32. The first-order valence-corrected chi connectivity index (χ1v) is 5.19. The highest BCUT2D eigenvalue weighted by atomic mass is 16.5. The van der Waals surface area contributed by atoms with Crippen LogP contribution in [-0.2, 0) is 14.3 Å². The van der Waals surface area contributed by atoms with Crippen LogP contribution in [0.25, 0.3) is 0 Å². The summed E-state index contributed by atoms with van der Waals surface area (Å²) in [6.45, 7) is 1.09. The molecule has 2 N–H and O–H groups in total. The first-order chi connectivity index (χ1) is 7.43. The molecule has 0 aromatic rings. The number of carboxylic acid groups (broad SMARTS) is 1. The molecule has 0 saturated carbocycles. The van der Waals surface area contributed by atoms with Crippen LogP contribution in [0.3, 0.4) is 0 Å². The van der Waals surface area contributed by atoms with Gasteiger partial charge < -0.3 is 19.8 Å². The Morgan fingerprint density at radius 2 is 1.94 bits per heavy atom. The average Bonchev–Trinajstić information content (AvgIpc) is 2.16. The number of nitrogens with zero attached hydrogens (tertiary/aromatic N) is 1. The van der Waals surface area contributed by atoms with E-state index in [0.29, 0.717) is 26.1 Å². The monoisotopic (exact) mass is 231 g/mol. The van der Waals surface area contributed by atoms with E-state index < -0.39 is 23.9 Å². The van der Waals surface area contributed by atoms with Gasteiger partial charge in [-0.25, -0.2) is 0 Å². The Balaban J connectivity index is 2.45. The lowest BCUT2D eigenvalue weighted by molar-refractivity contribution is -0.146. The molecular weight excluding hydrogens is 214 g/mol. The van der Waals surface area contributed by atoms with Crippen molar-refractivity contribution < 1.29 is 24.5 Å². The number of likely N-dealkylation sites (N-methyl/N-ethyl adjacent to an activating group) is 1. The molecule has 0 radical (unpaired) electrons. The molecule has 1 aliphatic rings. The predicted molar refractivity (Wildman–Crippen MR) is 54.9 cm³/mol. The fourth-order valence-electron chi connectivity index (χ4n) is 1.70. The van der Waals surface area contributed by atoms with Crippen molar-refractivity contribution in [3.8, 4) is 0 Å². The summed E-state index contributed by atoms with van der Waals surface area (Å²) in [6, 6.07) is 0. The van der Waals surface area contributed by atoms with Crippen LogP contribution in [0, 0.1) is 0 Å². The maximum Gasteiger partial charge on any atom is 0.312 e. The molecule has 0 unspecified atom stereocenters. The summed E-state index contributed by atoms with van der Waals surface area (Å²) < 4.78 is 5.11. The number of hydrogen-bond donors (Lipinski definition) is 2. The number of carboxylic acids is 1. The molecule has 0 aromatic heterocycles. The first kappa shape index (κ1) is 12.9. The minimum Gasteiger partial charge on any atom is -0.481 e. The summed E-state index contributed by atoms with van der Waals surface area (Å²) in [5.41, 5.74) is -0.943. The molecule has 0 aliphatic carbocycles. The number of carbonyl (C=O) groups excluding carboxylic acids is 1. The third-order valence-corrected chi connectivity index (χ3v) is 2.68. The number of hydrogen-bond acceptors (Lipinski definition) is 4. The molecule has 16 heavy (non-hydrogen) atoms. The Labute approximate surface area is 93.8 Å². The lowest BCUT2D eigenvalue weighted by Gasteiger charge is -2.35. The van der Waals surface area contributed by atoms with E-state index in [1.54, 1.807) is 0 Å². The zero-order chi connectivity index (χ0) is 12.2. The van der Waals surface area contributed by atoms with Crippen molar-refractivity contribution in [1.29, 1.82) is 0 Å². The highest BCUT2D eigenvalue weighted by molar-refractivity contribution is 5.93. The van der Waals surface area contributed by atoms with Gasteiger partial charge in [0.2, 0.25) is 5.91 Å². The van der Waals surface area contributed by atoms with Crippen molar-refractivity contribution in [3.63, 3.8) is 0 Å². The Bertz CT molecular complexity index is 272. The van der Waals surface area contributed by atoms with E-state index in [0.717, 1.165) is 0 Å². The number of ether oxygens (including phenoxy) is 1.